The van der Waals surface area contributed by atoms with E-state index >= 15 is 0 Å². The summed E-state index contributed by atoms with van der Waals surface area (Å²) in [7, 11) is 0. The number of aromatic nitrogens is 1. The number of halogens is 5. The molecule has 1 unspecified atom stereocenters. The summed E-state index contributed by atoms with van der Waals surface area (Å²) in [5, 5.41) is 4.92. The van der Waals surface area contributed by atoms with Gasteiger partial charge >= 0.3 is 6.18 Å². The fourth-order valence-electron chi connectivity index (χ4n) is 2.35. The fraction of sp³-hybridized carbons (Fsp3) is 0.278. The molecule has 150 valence electrons. The number of benzene rings is 1. The fourth-order valence-corrected chi connectivity index (χ4v) is 3.06. The van der Waals surface area contributed by atoms with Gasteiger partial charge in [-0.05, 0) is 41.1 Å². The molecule has 0 bridgehead atoms. The van der Waals surface area contributed by atoms with E-state index in [1.165, 1.54) is 0 Å². The van der Waals surface area contributed by atoms with Crippen molar-refractivity contribution >= 4 is 39.3 Å². The van der Waals surface area contributed by atoms with E-state index in [9.17, 15) is 22.8 Å². The van der Waals surface area contributed by atoms with Gasteiger partial charge in [0.2, 0.25) is 5.91 Å². The van der Waals surface area contributed by atoms with Gasteiger partial charge in [0.25, 0.3) is 5.91 Å². The normalized spacial score (nSPS) is 12.4. The van der Waals surface area contributed by atoms with Crippen LogP contribution < -0.4 is 10.6 Å². The summed E-state index contributed by atoms with van der Waals surface area (Å²) >= 11 is 9.18. The topological polar surface area (TPSA) is 71.1 Å². The molecule has 0 spiro atoms. The molecule has 1 atom stereocenters. The number of nitrogens with zero attached hydrogens (tertiary/aromatic N) is 1. The lowest BCUT2D eigenvalue weighted by atomic mass is 10.1. The van der Waals surface area contributed by atoms with Crippen LogP contribution in [-0.4, -0.2) is 29.4 Å². The van der Waals surface area contributed by atoms with Gasteiger partial charge in [0.15, 0.2) is 0 Å². The first-order chi connectivity index (χ1) is 13.1. The van der Waals surface area contributed by atoms with Gasteiger partial charge in [-0.25, -0.2) is 0 Å². The van der Waals surface area contributed by atoms with Crippen LogP contribution >= 0.6 is 27.5 Å². The third kappa shape index (κ3) is 5.68. The quantitative estimate of drug-likeness (QED) is 0.659. The zero-order chi connectivity index (χ0) is 20.9. The molecular formula is C18H16BrClF3N3O2. The first-order valence-electron chi connectivity index (χ1n) is 8.18. The molecule has 0 aliphatic rings. The minimum absolute atomic E-state index is 0.0679. The number of rotatable bonds is 6. The lowest BCUT2D eigenvalue weighted by Gasteiger charge is -2.19. The van der Waals surface area contributed by atoms with Crippen molar-refractivity contribution in [2.75, 3.05) is 6.54 Å². The molecule has 0 aliphatic heterocycles. The molecule has 1 aromatic heterocycles. The number of hydrogen-bond donors (Lipinski definition) is 2. The van der Waals surface area contributed by atoms with Gasteiger partial charge in [-0.3, -0.25) is 14.6 Å². The monoisotopic (exact) mass is 477 g/mol. The van der Waals surface area contributed by atoms with E-state index in [1.54, 1.807) is 31.2 Å². The minimum atomic E-state index is -4.58. The van der Waals surface area contributed by atoms with Crippen LogP contribution in [0.25, 0.3) is 0 Å². The smallest absolute Gasteiger partial charge is 0.355 e. The van der Waals surface area contributed by atoms with Crippen LogP contribution in [0.5, 0.6) is 0 Å². The summed E-state index contributed by atoms with van der Waals surface area (Å²) in [5.74, 6) is -1.02. The maximum absolute atomic E-state index is 12.8. The van der Waals surface area contributed by atoms with Gasteiger partial charge in [-0.15, -0.1) is 0 Å². The number of nitrogens with one attached hydrogen (secondary N) is 2. The van der Waals surface area contributed by atoms with E-state index in [1.807, 2.05) is 0 Å². The number of hydrogen-bond acceptors (Lipinski definition) is 3. The summed E-state index contributed by atoms with van der Waals surface area (Å²) in [6.45, 7) is 2.02. The maximum atomic E-state index is 12.8. The second kappa shape index (κ2) is 9.38. The molecule has 0 saturated heterocycles. The Kier molecular flexibility index (Phi) is 7.42. The highest BCUT2D eigenvalue weighted by Gasteiger charge is 2.32. The van der Waals surface area contributed by atoms with Crippen molar-refractivity contribution in [1.82, 2.24) is 15.6 Å². The summed E-state index contributed by atoms with van der Waals surface area (Å²) in [6, 6.07) is 6.31. The van der Waals surface area contributed by atoms with Gasteiger partial charge in [-0.2, -0.15) is 13.2 Å². The molecule has 2 rings (SSSR count). The lowest BCUT2D eigenvalue weighted by Crippen LogP contribution is -2.48. The summed E-state index contributed by atoms with van der Waals surface area (Å²) in [4.78, 5) is 28.6. The predicted molar refractivity (Wildman–Crippen MR) is 102 cm³/mol. The van der Waals surface area contributed by atoms with E-state index in [2.05, 4.69) is 31.5 Å². The van der Waals surface area contributed by atoms with Gasteiger partial charge < -0.3 is 10.6 Å². The molecule has 2 N–H and O–H groups in total. The number of pyridine rings is 1. The number of carbonyl (C=O) groups is 2. The molecule has 1 aromatic carbocycles. The SMILES string of the molecule is CCNC(=O)C(Cc1ncc(C(F)(F)F)cc1Cl)NC(=O)c1ccccc1Br. The second-order valence-corrected chi connectivity index (χ2v) is 7.02. The molecule has 0 saturated carbocycles. The highest BCUT2D eigenvalue weighted by molar-refractivity contribution is 9.10. The van der Waals surface area contributed by atoms with Gasteiger partial charge in [0.05, 0.1) is 21.8 Å². The standard InChI is InChI=1S/C18H16BrClF3N3O2/c1-2-24-17(28)15(26-16(27)11-5-3-4-6-12(11)19)8-14-13(20)7-10(9-25-14)18(21,22)23/h3-7,9,15H,2,8H2,1H3,(H,24,28)(H,26,27). The predicted octanol–water partition coefficient (Wildman–Crippen LogP) is 3.99. The first kappa shape index (κ1) is 22.2. The third-order valence-corrected chi connectivity index (χ3v) is 4.75. The average Bonchev–Trinajstić information content (AvgIpc) is 2.62. The van der Waals surface area contributed by atoms with Crippen LogP contribution in [0.3, 0.4) is 0 Å². The number of carbonyl (C=O) groups excluding carboxylic acids is 2. The zero-order valence-corrected chi connectivity index (χ0v) is 17.0. The Morgan fingerprint density at radius 3 is 2.54 bits per heavy atom. The highest BCUT2D eigenvalue weighted by Crippen LogP contribution is 2.31. The minimum Gasteiger partial charge on any atom is -0.355 e. The van der Waals surface area contributed by atoms with Crippen LogP contribution in [0.4, 0.5) is 13.2 Å². The van der Waals surface area contributed by atoms with Crippen molar-refractivity contribution in [1.29, 1.82) is 0 Å². The number of amides is 2. The summed E-state index contributed by atoms with van der Waals surface area (Å²) < 4.78 is 38.8. The molecule has 0 radical (unpaired) electrons. The third-order valence-electron chi connectivity index (χ3n) is 3.73. The molecule has 5 nitrogen and oxygen atoms in total. The van der Waals surface area contributed by atoms with Crippen LogP contribution in [0, 0.1) is 0 Å². The Balaban J connectivity index is 2.26. The largest absolute Gasteiger partial charge is 0.417 e. The molecule has 28 heavy (non-hydrogen) atoms. The van der Waals surface area contributed by atoms with Crippen LogP contribution in [0.15, 0.2) is 41.0 Å². The van der Waals surface area contributed by atoms with Gasteiger partial charge in [0.1, 0.15) is 6.04 Å². The van der Waals surface area contributed by atoms with Crippen LogP contribution in [0.2, 0.25) is 5.02 Å². The Hall–Kier alpha value is -2.13. The molecule has 2 aromatic rings. The maximum Gasteiger partial charge on any atom is 0.417 e. The Labute approximate surface area is 172 Å². The van der Waals surface area contributed by atoms with Crippen molar-refractivity contribution in [2.24, 2.45) is 0 Å². The van der Waals surface area contributed by atoms with Crippen LogP contribution in [0.1, 0.15) is 28.5 Å². The van der Waals surface area contributed by atoms with Crippen LogP contribution in [-0.2, 0) is 17.4 Å². The molecule has 10 heteroatoms. The molecule has 1 heterocycles. The van der Waals surface area contributed by atoms with E-state index in [4.69, 9.17) is 11.6 Å². The summed E-state index contributed by atoms with van der Waals surface area (Å²) in [5.41, 5.74) is -0.616. The van der Waals surface area contributed by atoms with E-state index in [0.29, 0.717) is 22.8 Å². The Morgan fingerprint density at radius 1 is 1.29 bits per heavy atom. The average molecular weight is 479 g/mol. The molecular weight excluding hydrogens is 463 g/mol. The van der Waals surface area contributed by atoms with Crippen molar-refractivity contribution in [2.45, 2.75) is 25.6 Å². The second-order valence-electron chi connectivity index (χ2n) is 5.75. The van der Waals surface area contributed by atoms with Gasteiger partial charge in [0, 0.05) is 23.6 Å². The van der Waals surface area contributed by atoms with Gasteiger partial charge in [-0.1, -0.05) is 23.7 Å². The van der Waals surface area contributed by atoms with Crippen molar-refractivity contribution in [3.05, 3.63) is 62.8 Å². The Bertz CT molecular complexity index is 877. The summed E-state index contributed by atoms with van der Waals surface area (Å²) in [6.07, 6.45) is -4.10. The number of likely N-dealkylation sites (N-methyl/N-ethyl adjacent to an activating group) is 1. The Morgan fingerprint density at radius 2 is 1.96 bits per heavy atom. The first-order valence-corrected chi connectivity index (χ1v) is 9.35. The van der Waals surface area contributed by atoms with E-state index in [-0.39, 0.29) is 17.1 Å². The number of alkyl halides is 3. The highest BCUT2D eigenvalue weighted by atomic mass is 79.9. The van der Waals surface area contributed by atoms with Crippen molar-refractivity contribution in [3.63, 3.8) is 0 Å². The molecule has 2 amide bonds. The molecule has 0 aliphatic carbocycles. The van der Waals surface area contributed by atoms with Crippen molar-refractivity contribution in [3.8, 4) is 0 Å². The van der Waals surface area contributed by atoms with E-state index < -0.39 is 29.6 Å². The molecule has 0 fully saturated rings. The van der Waals surface area contributed by atoms with Crippen molar-refractivity contribution < 1.29 is 22.8 Å². The van der Waals surface area contributed by atoms with E-state index in [0.717, 1.165) is 6.07 Å². The zero-order valence-electron chi connectivity index (χ0n) is 14.6. The lowest BCUT2D eigenvalue weighted by molar-refractivity contribution is -0.137.